The molecule has 1 aliphatic rings. The summed E-state index contributed by atoms with van der Waals surface area (Å²) in [6.45, 7) is 3.17. The Morgan fingerprint density at radius 1 is 1.07 bits per heavy atom. The molecule has 1 atom stereocenters. The Kier molecular flexibility index (Phi) is 11.0. The molecule has 1 aliphatic heterocycles. The molecule has 15 heteroatoms. The van der Waals surface area contributed by atoms with Crippen LogP contribution in [0.2, 0.25) is 0 Å². The first-order valence-corrected chi connectivity index (χ1v) is 14.6. The topological polar surface area (TPSA) is 146 Å². The van der Waals surface area contributed by atoms with Gasteiger partial charge in [0.25, 0.3) is 5.91 Å². The van der Waals surface area contributed by atoms with E-state index in [1.54, 1.807) is 24.3 Å². The van der Waals surface area contributed by atoms with Crippen LogP contribution in [0.15, 0.2) is 48.5 Å². The molecule has 43 heavy (non-hydrogen) atoms. The zero-order valence-electron chi connectivity index (χ0n) is 23.4. The van der Waals surface area contributed by atoms with Gasteiger partial charge < -0.3 is 35.9 Å². The van der Waals surface area contributed by atoms with Crippen LogP contribution in [0.5, 0.6) is 11.8 Å². The second kappa shape index (κ2) is 14.7. The molecule has 1 aromatic heterocycles. The summed E-state index contributed by atoms with van der Waals surface area (Å²) >= 11 is 3.42. The lowest BCUT2D eigenvalue weighted by molar-refractivity contribution is -0.154. The summed E-state index contributed by atoms with van der Waals surface area (Å²) in [7, 11) is 0. The fourth-order valence-electron chi connectivity index (χ4n) is 3.76. The van der Waals surface area contributed by atoms with E-state index in [-0.39, 0.29) is 29.8 Å². The highest BCUT2D eigenvalue weighted by Gasteiger charge is 2.37. The standard InChI is InChI=1S/C28H33BrF3N7O4/c1-18(10-29)12-42-22-8-2-19(3-9-22)11-34-24-37-25(39-26(38-24)43-17-28(30,31)32)36-21-6-4-20(5-7-21)23(40)35-14-27(13-33)15-41-16-27/h2-9,18H,10-17,33H2,1H3,(H,35,40)(H2,34,36,37,38,39)/t18-/m1/s1. The van der Waals surface area contributed by atoms with Crippen molar-refractivity contribution < 1.29 is 32.2 Å². The van der Waals surface area contributed by atoms with Crippen molar-refractivity contribution >= 4 is 39.4 Å². The van der Waals surface area contributed by atoms with Gasteiger partial charge in [0, 0.05) is 41.6 Å². The number of aromatic nitrogens is 3. The molecule has 0 unspecified atom stereocenters. The molecule has 2 heterocycles. The van der Waals surface area contributed by atoms with Gasteiger partial charge in [0.15, 0.2) is 6.61 Å². The molecular weight excluding hydrogens is 635 g/mol. The molecule has 11 nitrogen and oxygen atoms in total. The summed E-state index contributed by atoms with van der Waals surface area (Å²) in [5, 5.41) is 9.61. The Balaban J connectivity index is 1.40. The number of halogens is 4. The first-order valence-electron chi connectivity index (χ1n) is 13.5. The first-order chi connectivity index (χ1) is 20.6. The number of hydrogen-bond acceptors (Lipinski definition) is 10. The number of carbonyl (C=O) groups excluding carboxylic acids is 1. The van der Waals surface area contributed by atoms with Crippen molar-refractivity contribution in [3.63, 3.8) is 0 Å². The lowest BCUT2D eigenvalue weighted by Gasteiger charge is -2.40. The SMILES string of the molecule is C[C@H](CBr)COc1ccc(CNc2nc(Nc3ccc(C(=O)NCC4(CN)COC4)cc3)nc(OCC(F)(F)F)n2)cc1. The van der Waals surface area contributed by atoms with E-state index in [0.29, 0.717) is 50.1 Å². The van der Waals surface area contributed by atoms with Crippen LogP contribution in [0.3, 0.4) is 0 Å². The number of nitrogens with one attached hydrogen (secondary N) is 3. The molecule has 1 saturated heterocycles. The fraction of sp³-hybridized carbons (Fsp3) is 0.429. The first kappa shape index (κ1) is 32.2. The Morgan fingerprint density at radius 2 is 1.77 bits per heavy atom. The smallest absolute Gasteiger partial charge is 0.422 e. The Hall–Kier alpha value is -3.69. The van der Waals surface area contributed by atoms with Gasteiger partial charge in [-0.1, -0.05) is 35.0 Å². The third-order valence-electron chi connectivity index (χ3n) is 6.43. The molecule has 3 aromatic rings. The summed E-state index contributed by atoms with van der Waals surface area (Å²) in [6.07, 6.45) is -4.57. The Labute approximate surface area is 255 Å². The molecule has 0 radical (unpaired) electrons. The number of alkyl halides is 4. The molecule has 0 bridgehead atoms. The van der Waals surface area contributed by atoms with Gasteiger partial charge in [-0.05, 0) is 47.9 Å². The zero-order valence-corrected chi connectivity index (χ0v) is 25.0. The van der Waals surface area contributed by atoms with Crippen molar-refractivity contribution in [1.29, 1.82) is 0 Å². The van der Waals surface area contributed by atoms with E-state index < -0.39 is 18.8 Å². The predicted molar refractivity (Wildman–Crippen MR) is 158 cm³/mol. The number of rotatable bonds is 15. The minimum Gasteiger partial charge on any atom is -0.493 e. The van der Waals surface area contributed by atoms with Gasteiger partial charge in [-0.25, -0.2) is 0 Å². The lowest BCUT2D eigenvalue weighted by atomic mass is 9.86. The molecule has 4 rings (SSSR count). The maximum absolute atomic E-state index is 12.8. The maximum atomic E-state index is 12.8. The van der Waals surface area contributed by atoms with Crippen LogP contribution in [0, 0.1) is 11.3 Å². The van der Waals surface area contributed by atoms with E-state index in [1.165, 1.54) is 0 Å². The molecule has 1 fully saturated rings. The number of nitrogens with two attached hydrogens (primary N) is 1. The quantitative estimate of drug-likeness (QED) is 0.173. The van der Waals surface area contributed by atoms with Gasteiger partial charge in [0.1, 0.15) is 5.75 Å². The highest BCUT2D eigenvalue weighted by atomic mass is 79.9. The third kappa shape index (κ3) is 9.93. The van der Waals surface area contributed by atoms with Crippen molar-refractivity contribution in [3.05, 3.63) is 59.7 Å². The van der Waals surface area contributed by atoms with Gasteiger partial charge in [-0.3, -0.25) is 4.79 Å². The molecule has 0 aliphatic carbocycles. The number of carbonyl (C=O) groups is 1. The Bertz CT molecular complexity index is 1340. The highest BCUT2D eigenvalue weighted by molar-refractivity contribution is 9.09. The highest BCUT2D eigenvalue weighted by Crippen LogP contribution is 2.25. The molecule has 1 amide bonds. The molecule has 5 N–H and O–H groups in total. The van der Waals surface area contributed by atoms with Crippen LogP contribution in [0.1, 0.15) is 22.8 Å². The summed E-state index contributed by atoms with van der Waals surface area (Å²) in [5.41, 5.74) is 7.33. The number of anilines is 3. The van der Waals surface area contributed by atoms with Crippen LogP contribution in [-0.4, -0.2) is 71.9 Å². The number of hydrogen-bond donors (Lipinski definition) is 4. The molecule has 232 valence electrons. The van der Waals surface area contributed by atoms with Crippen LogP contribution < -0.4 is 31.2 Å². The van der Waals surface area contributed by atoms with Gasteiger partial charge in [0.05, 0.1) is 19.8 Å². The van der Waals surface area contributed by atoms with Crippen molar-refractivity contribution in [2.75, 3.05) is 55.5 Å². The van der Waals surface area contributed by atoms with Crippen LogP contribution >= 0.6 is 15.9 Å². The van der Waals surface area contributed by atoms with E-state index >= 15 is 0 Å². The normalized spacial score (nSPS) is 14.7. The summed E-state index contributed by atoms with van der Waals surface area (Å²) in [4.78, 5) is 24.8. The van der Waals surface area contributed by atoms with Crippen molar-refractivity contribution in [3.8, 4) is 11.8 Å². The van der Waals surface area contributed by atoms with Gasteiger partial charge >= 0.3 is 12.2 Å². The predicted octanol–water partition coefficient (Wildman–Crippen LogP) is 4.28. The van der Waals surface area contributed by atoms with Crippen LogP contribution in [0.4, 0.5) is 30.8 Å². The van der Waals surface area contributed by atoms with Crippen LogP contribution in [-0.2, 0) is 11.3 Å². The zero-order chi connectivity index (χ0) is 30.9. The minimum atomic E-state index is -4.57. The monoisotopic (exact) mass is 667 g/mol. The summed E-state index contributed by atoms with van der Waals surface area (Å²) < 4.78 is 54.1. The molecule has 0 spiro atoms. The van der Waals surface area contributed by atoms with Gasteiger partial charge in [-0.15, -0.1) is 0 Å². The van der Waals surface area contributed by atoms with Crippen LogP contribution in [0.25, 0.3) is 0 Å². The van der Waals surface area contributed by atoms with Gasteiger partial charge in [0.2, 0.25) is 11.9 Å². The third-order valence-corrected chi connectivity index (χ3v) is 7.53. The summed E-state index contributed by atoms with van der Waals surface area (Å²) in [5.74, 6) is 0.772. The number of nitrogens with zero attached hydrogens (tertiary/aromatic N) is 3. The maximum Gasteiger partial charge on any atom is 0.422 e. The Morgan fingerprint density at radius 3 is 2.37 bits per heavy atom. The number of benzene rings is 2. The second-order valence-corrected chi connectivity index (χ2v) is 11.0. The lowest BCUT2D eigenvalue weighted by Crippen LogP contribution is -2.55. The second-order valence-electron chi connectivity index (χ2n) is 10.3. The van der Waals surface area contributed by atoms with E-state index in [4.69, 9.17) is 19.9 Å². The van der Waals surface area contributed by atoms with E-state index in [1.807, 2.05) is 24.3 Å². The van der Waals surface area contributed by atoms with E-state index in [2.05, 4.69) is 53.8 Å². The van der Waals surface area contributed by atoms with Crippen molar-refractivity contribution in [2.24, 2.45) is 17.1 Å². The minimum absolute atomic E-state index is 0.00551. The average molecular weight is 669 g/mol. The number of amides is 1. The van der Waals surface area contributed by atoms with Crippen molar-refractivity contribution in [2.45, 2.75) is 19.6 Å². The van der Waals surface area contributed by atoms with E-state index in [0.717, 1.165) is 16.6 Å². The van der Waals surface area contributed by atoms with Gasteiger partial charge in [-0.2, -0.15) is 28.1 Å². The fourth-order valence-corrected chi connectivity index (χ4v) is 3.94. The largest absolute Gasteiger partial charge is 0.493 e. The average Bonchev–Trinajstić information content (AvgIpc) is 2.98. The molecule has 0 saturated carbocycles. The molecule has 2 aromatic carbocycles. The van der Waals surface area contributed by atoms with E-state index in [9.17, 15) is 18.0 Å². The summed E-state index contributed by atoms with van der Waals surface area (Å²) in [6, 6.07) is 13.3. The molecular formula is C28H33BrF3N7O4. The van der Waals surface area contributed by atoms with Crippen molar-refractivity contribution in [1.82, 2.24) is 20.3 Å². The number of ether oxygens (including phenoxy) is 3.